The first kappa shape index (κ1) is 17.9. The molecule has 0 spiro atoms. The van der Waals surface area contributed by atoms with E-state index in [1.165, 1.54) is 12.1 Å². The molecule has 0 aliphatic carbocycles. The molecule has 2 aromatic carbocycles. The van der Waals surface area contributed by atoms with E-state index < -0.39 is 0 Å². The van der Waals surface area contributed by atoms with Gasteiger partial charge < -0.3 is 15.5 Å². The summed E-state index contributed by atoms with van der Waals surface area (Å²) in [6.45, 7) is 3.47. The highest BCUT2D eigenvalue weighted by atomic mass is 19.1. The Kier molecular flexibility index (Phi) is 5.51. The number of rotatable bonds is 5. The van der Waals surface area contributed by atoms with Crippen LogP contribution >= 0.6 is 0 Å². The largest absolute Gasteiger partial charge is 0.338 e. The van der Waals surface area contributed by atoms with Gasteiger partial charge in [0, 0.05) is 37.7 Å². The van der Waals surface area contributed by atoms with E-state index in [0.29, 0.717) is 26.1 Å². The molecule has 1 aliphatic rings. The predicted molar refractivity (Wildman–Crippen MR) is 98.1 cm³/mol. The van der Waals surface area contributed by atoms with E-state index in [-0.39, 0.29) is 23.7 Å². The van der Waals surface area contributed by atoms with Gasteiger partial charge in [0.05, 0.1) is 0 Å². The first-order chi connectivity index (χ1) is 12.5. The molecule has 1 aliphatic heterocycles. The van der Waals surface area contributed by atoms with Gasteiger partial charge in [-0.3, -0.25) is 4.79 Å². The molecule has 3 amide bonds. The van der Waals surface area contributed by atoms with Crippen LogP contribution < -0.4 is 10.6 Å². The van der Waals surface area contributed by atoms with Gasteiger partial charge in [0.1, 0.15) is 5.82 Å². The van der Waals surface area contributed by atoms with Crippen molar-refractivity contribution in [3.05, 3.63) is 65.5 Å². The van der Waals surface area contributed by atoms with Crippen LogP contribution in [0.5, 0.6) is 0 Å². The molecule has 1 heterocycles. The maximum absolute atomic E-state index is 13.0. The fourth-order valence-corrected chi connectivity index (χ4v) is 3.00. The highest BCUT2D eigenvalue weighted by Crippen LogP contribution is 2.20. The van der Waals surface area contributed by atoms with E-state index in [1.54, 1.807) is 17.0 Å². The first-order valence-electron chi connectivity index (χ1n) is 8.63. The summed E-state index contributed by atoms with van der Waals surface area (Å²) in [5.41, 5.74) is 2.75. The quantitative estimate of drug-likeness (QED) is 0.864. The number of likely N-dealkylation sites (tertiary alicyclic amines) is 1. The van der Waals surface area contributed by atoms with Crippen molar-refractivity contribution in [1.29, 1.82) is 0 Å². The van der Waals surface area contributed by atoms with E-state index in [0.717, 1.165) is 16.8 Å². The minimum Gasteiger partial charge on any atom is -0.338 e. The molecule has 1 saturated heterocycles. The molecule has 6 heteroatoms. The highest BCUT2D eigenvalue weighted by Gasteiger charge is 2.29. The number of amides is 3. The van der Waals surface area contributed by atoms with Crippen LogP contribution in [0.25, 0.3) is 0 Å². The zero-order valence-corrected chi connectivity index (χ0v) is 14.7. The van der Waals surface area contributed by atoms with Crippen LogP contribution in [0, 0.1) is 18.7 Å². The summed E-state index contributed by atoms with van der Waals surface area (Å²) in [5.74, 6) is -0.157. The number of nitrogens with zero attached hydrogens (tertiary/aromatic N) is 1. The average Bonchev–Trinajstić information content (AvgIpc) is 2.97. The Hall–Kier alpha value is -2.89. The van der Waals surface area contributed by atoms with Crippen molar-refractivity contribution in [2.75, 3.05) is 18.4 Å². The SMILES string of the molecule is Cc1ccc(NC(=O)NCC2CC(=O)N(Cc3ccc(F)cc3)C2)cc1. The Labute approximate surface area is 152 Å². The molecule has 1 unspecified atom stereocenters. The van der Waals surface area contributed by atoms with Gasteiger partial charge in [0.2, 0.25) is 5.91 Å². The Morgan fingerprint density at radius 3 is 2.54 bits per heavy atom. The molecular weight excluding hydrogens is 333 g/mol. The Morgan fingerprint density at radius 1 is 1.15 bits per heavy atom. The molecule has 2 N–H and O–H groups in total. The van der Waals surface area contributed by atoms with Gasteiger partial charge in [-0.2, -0.15) is 0 Å². The van der Waals surface area contributed by atoms with Crippen molar-refractivity contribution < 1.29 is 14.0 Å². The van der Waals surface area contributed by atoms with Gasteiger partial charge in [-0.15, -0.1) is 0 Å². The topological polar surface area (TPSA) is 61.4 Å². The average molecular weight is 355 g/mol. The molecule has 2 aromatic rings. The highest BCUT2D eigenvalue weighted by molar-refractivity contribution is 5.89. The van der Waals surface area contributed by atoms with E-state index in [4.69, 9.17) is 0 Å². The smallest absolute Gasteiger partial charge is 0.319 e. The van der Waals surface area contributed by atoms with Crippen LogP contribution in [0.15, 0.2) is 48.5 Å². The second kappa shape index (κ2) is 7.99. The molecule has 0 bridgehead atoms. The summed E-state index contributed by atoms with van der Waals surface area (Å²) < 4.78 is 13.0. The van der Waals surface area contributed by atoms with Crippen molar-refractivity contribution in [3.8, 4) is 0 Å². The van der Waals surface area contributed by atoms with Gasteiger partial charge in [0.15, 0.2) is 0 Å². The lowest BCUT2D eigenvalue weighted by molar-refractivity contribution is -0.128. The zero-order valence-electron chi connectivity index (χ0n) is 14.7. The van der Waals surface area contributed by atoms with Gasteiger partial charge in [-0.1, -0.05) is 29.8 Å². The fraction of sp³-hybridized carbons (Fsp3) is 0.300. The summed E-state index contributed by atoms with van der Waals surface area (Å²) >= 11 is 0. The van der Waals surface area contributed by atoms with E-state index in [2.05, 4.69) is 10.6 Å². The standard InChI is InChI=1S/C20H22FN3O2/c1-14-2-8-18(9-3-14)23-20(26)22-11-16-10-19(25)24(13-16)12-15-4-6-17(21)7-5-15/h2-9,16H,10-13H2,1H3,(H2,22,23,26). The minimum absolute atomic E-state index is 0.0556. The summed E-state index contributed by atoms with van der Waals surface area (Å²) in [6.07, 6.45) is 0.409. The van der Waals surface area contributed by atoms with Gasteiger partial charge >= 0.3 is 6.03 Å². The predicted octanol–water partition coefficient (Wildman–Crippen LogP) is 3.30. The number of hydrogen-bond donors (Lipinski definition) is 2. The maximum atomic E-state index is 13.0. The molecule has 5 nitrogen and oxygen atoms in total. The first-order valence-corrected chi connectivity index (χ1v) is 8.63. The lowest BCUT2D eigenvalue weighted by atomic mass is 10.1. The normalized spacial score (nSPS) is 16.6. The van der Waals surface area contributed by atoms with E-state index >= 15 is 0 Å². The van der Waals surface area contributed by atoms with Gasteiger partial charge in [-0.25, -0.2) is 9.18 Å². The number of aryl methyl sites for hydroxylation is 1. The number of carbonyl (C=O) groups excluding carboxylic acids is 2. The van der Waals surface area contributed by atoms with Crippen molar-refractivity contribution >= 4 is 17.6 Å². The maximum Gasteiger partial charge on any atom is 0.319 e. The Balaban J connectivity index is 1.45. The van der Waals surface area contributed by atoms with Crippen LogP contribution in [-0.2, 0) is 11.3 Å². The minimum atomic E-state index is -0.289. The number of halogens is 1. The summed E-state index contributed by atoms with van der Waals surface area (Å²) in [6, 6.07) is 13.4. The second-order valence-corrected chi connectivity index (χ2v) is 6.67. The molecule has 26 heavy (non-hydrogen) atoms. The fourth-order valence-electron chi connectivity index (χ4n) is 3.00. The molecule has 3 rings (SSSR count). The lowest BCUT2D eigenvalue weighted by Crippen LogP contribution is -2.34. The molecule has 1 fully saturated rings. The number of benzene rings is 2. The summed E-state index contributed by atoms with van der Waals surface area (Å²) in [4.78, 5) is 25.9. The number of hydrogen-bond acceptors (Lipinski definition) is 2. The zero-order chi connectivity index (χ0) is 18.5. The Morgan fingerprint density at radius 2 is 1.85 bits per heavy atom. The molecule has 0 saturated carbocycles. The number of carbonyl (C=O) groups is 2. The molecular formula is C20H22FN3O2. The van der Waals surface area contributed by atoms with Crippen molar-refractivity contribution in [3.63, 3.8) is 0 Å². The molecule has 1 atom stereocenters. The summed E-state index contributed by atoms with van der Waals surface area (Å²) in [5, 5.41) is 5.60. The second-order valence-electron chi connectivity index (χ2n) is 6.67. The monoisotopic (exact) mass is 355 g/mol. The third-order valence-corrected chi connectivity index (χ3v) is 4.44. The van der Waals surface area contributed by atoms with E-state index in [9.17, 15) is 14.0 Å². The molecule has 136 valence electrons. The van der Waals surface area contributed by atoms with Crippen LogP contribution in [0.3, 0.4) is 0 Å². The Bertz CT molecular complexity index is 775. The van der Waals surface area contributed by atoms with Gasteiger partial charge in [0.25, 0.3) is 0 Å². The number of anilines is 1. The van der Waals surface area contributed by atoms with Crippen LogP contribution in [0.4, 0.5) is 14.9 Å². The molecule has 0 aromatic heterocycles. The summed E-state index contributed by atoms with van der Waals surface area (Å²) in [7, 11) is 0. The van der Waals surface area contributed by atoms with E-state index in [1.807, 2.05) is 31.2 Å². The van der Waals surface area contributed by atoms with Gasteiger partial charge in [-0.05, 0) is 36.8 Å². The van der Waals surface area contributed by atoms with Crippen LogP contribution in [0.2, 0.25) is 0 Å². The van der Waals surface area contributed by atoms with Crippen molar-refractivity contribution in [1.82, 2.24) is 10.2 Å². The van der Waals surface area contributed by atoms with Crippen molar-refractivity contribution in [2.45, 2.75) is 19.9 Å². The third-order valence-electron chi connectivity index (χ3n) is 4.44. The lowest BCUT2D eigenvalue weighted by Gasteiger charge is -2.17. The van der Waals surface area contributed by atoms with Crippen LogP contribution in [-0.4, -0.2) is 29.9 Å². The third kappa shape index (κ3) is 4.81. The number of nitrogens with one attached hydrogen (secondary N) is 2. The van der Waals surface area contributed by atoms with Crippen LogP contribution in [0.1, 0.15) is 17.5 Å². The molecule has 0 radical (unpaired) electrons. The van der Waals surface area contributed by atoms with Crippen molar-refractivity contribution in [2.24, 2.45) is 5.92 Å². The number of urea groups is 1.